The lowest BCUT2D eigenvalue weighted by atomic mass is 9.65. The van der Waals surface area contributed by atoms with Gasteiger partial charge in [0.05, 0.1) is 0 Å². The first-order valence-electron chi connectivity index (χ1n) is 10.8. The Morgan fingerprint density at radius 2 is 1.81 bits per heavy atom. The molecular formula is C25H28FN. The number of nitrogens with zero attached hydrogens (tertiary/aromatic N) is 1. The Labute approximate surface area is 161 Å². The van der Waals surface area contributed by atoms with Crippen LogP contribution in [0.15, 0.2) is 42.5 Å². The lowest BCUT2D eigenvalue weighted by Crippen LogP contribution is -2.35. The van der Waals surface area contributed by atoms with Gasteiger partial charge in [0.1, 0.15) is 6.67 Å². The van der Waals surface area contributed by atoms with Gasteiger partial charge in [-0.2, -0.15) is 0 Å². The average Bonchev–Trinajstić information content (AvgIpc) is 3.41. The summed E-state index contributed by atoms with van der Waals surface area (Å²) in [6.45, 7) is 3.27. The van der Waals surface area contributed by atoms with E-state index in [1.165, 1.54) is 68.4 Å². The minimum absolute atomic E-state index is 0.206. The highest BCUT2D eigenvalue weighted by atomic mass is 19.1. The van der Waals surface area contributed by atoms with Crippen molar-refractivity contribution >= 4 is 0 Å². The SMILES string of the molecule is FCc1ccc2c(c1)C13CC2c2ccccc2C1CN(CC1CCCC1)C3. The molecule has 1 nitrogen and oxygen atoms in total. The summed E-state index contributed by atoms with van der Waals surface area (Å²) in [6, 6.07) is 15.6. The second kappa shape index (κ2) is 5.91. The van der Waals surface area contributed by atoms with Crippen molar-refractivity contribution in [1.82, 2.24) is 4.90 Å². The quantitative estimate of drug-likeness (QED) is 0.694. The van der Waals surface area contributed by atoms with E-state index in [-0.39, 0.29) is 12.1 Å². The van der Waals surface area contributed by atoms with Crippen LogP contribution in [0.25, 0.3) is 0 Å². The highest BCUT2D eigenvalue weighted by Crippen LogP contribution is 2.63. The molecule has 3 atom stereocenters. The summed E-state index contributed by atoms with van der Waals surface area (Å²) in [6.07, 6.45) is 6.88. The molecular weight excluding hydrogens is 333 g/mol. The molecule has 1 spiro atoms. The Bertz CT molecular complexity index is 884. The van der Waals surface area contributed by atoms with Crippen molar-refractivity contribution in [1.29, 1.82) is 0 Å². The third kappa shape index (κ3) is 2.26. The predicted molar refractivity (Wildman–Crippen MR) is 107 cm³/mol. The van der Waals surface area contributed by atoms with Crippen LogP contribution in [0.1, 0.15) is 71.8 Å². The topological polar surface area (TPSA) is 3.24 Å². The lowest BCUT2D eigenvalue weighted by Gasteiger charge is -2.37. The standard InChI is InChI=1S/C25H28FN/c26-13-18-9-10-21-22-12-25(23(21)11-18)16-27(14-17-5-1-2-6-17)15-24(25)20-8-4-3-7-19(20)22/h3-4,7-11,17,22,24H,1-2,5-6,12-16H2. The minimum atomic E-state index is -0.350. The van der Waals surface area contributed by atoms with Gasteiger partial charge in [0.15, 0.2) is 0 Å². The van der Waals surface area contributed by atoms with Crippen LogP contribution in [0.2, 0.25) is 0 Å². The molecule has 2 aromatic rings. The number of hydrogen-bond acceptors (Lipinski definition) is 1. The number of rotatable bonds is 3. The second-order valence-electron chi connectivity index (χ2n) is 9.49. The van der Waals surface area contributed by atoms with Crippen LogP contribution < -0.4 is 0 Å². The molecule has 0 amide bonds. The average molecular weight is 362 g/mol. The Kier molecular flexibility index (Phi) is 3.57. The third-order valence-corrected chi connectivity index (χ3v) is 8.10. The first-order valence-corrected chi connectivity index (χ1v) is 10.8. The molecule has 3 unspecified atom stereocenters. The summed E-state index contributed by atoms with van der Waals surface area (Å²) in [4.78, 5) is 2.76. The molecule has 2 heteroatoms. The van der Waals surface area contributed by atoms with Crippen LogP contribution in [0.4, 0.5) is 4.39 Å². The Balaban J connectivity index is 1.46. The zero-order valence-electron chi connectivity index (χ0n) is 16.0. The number of alkyl halides is 1. The predicted octanol–water partition coefficient (Wildman–Crippen LogP) is 5.53. The zero-order valence-corrected chi connectivity index (χ0v) is 16.0. The van der Waals surface area contributed by atoms with Gasteiger partial charge in [-0.1, -0.05) is 55.3 Å². The van der Waals surface area contributed by atoms with Gasteiger partial charge in [0.2, 0.25) is 0 Å². The van der Waals surface area contributed by atoms with Gasteiger partial charge in [0, 0.05) is 36.9 Å². The van der Waals surface area contributed by atoms with E-state index in [2.05, 4.69) is 41.3 Å². The van der Waals surface area contributed by atoms with Crippen LogP contribution in [0.5, 0.6) is 0 Å². The molecule has 27 heavy (non-hydrogen) atoms. The lowest BCUT2D eigenvalue weighted by molar-refractivity contribution is 0.260. The van der Waals surface area contributed by atoms with Crippen molar-refractivity contribution in [2.24, 2.45) is 5.92 Å². The van der Waals surface area contributed by atoms with E-state index in [1.54, 1.807) is 5.56 Å². The fraction of sp³-hybridized carbons (Fsp3) is 0.520. The molecule has 1 saturated heterocycles. The van der Waals surface area contributed by atoms with E-state index in [0.717, 1.165) is 11.5 Å². The molecule has 2 fully saturated rings. The molecule has 140 valence electrons. The summed E-state index contributed by atoms with van der Waals surface area (Å²) in [5, 5.41) is 0. The Morgan fingerprint density at radius 1 is 1.00 bits per heavy atom. The summed E-state index contributed by atoms with van der Waals surface area (Å²) in [5.74, 6) is 1.97. The summed E-state index contributed by atoms with van der Waals surface area (Å²) in [5.41, 5.74) is 7.11. The van der Waals surface area contributed by atoms with E-state index in [1.807, 2.05) is 6.07 Å². The van der Waals surface area contributed by atoms with Gasteiger partial charge in [-0.05, 0) is 53.0 Å². The first kappa shape index (κ1) is 16.3. The molecule has 1 heterocycles. The molecule has 3 aliphatic carbocycles. The fourth-order valence-corrected chi connectivity index (χ4v) is 7.01. The first-order chi connectivity index (χ1) is 13.3. The summed E-state index contributed by atoms with van der Waals surface area (Å²) in [7, 11) is 0. The Hall–Kier alpha value is -1.67. The molecule has 1 saturated carbocycles. The van der Waals surface area contributed by atoms with Gasteiger partial charge in [-0.3, -0.25) is 0 Å². The maximum atomic E-state index is 13.5. The Morgan fingerprint density at radius 3 is 2.63 bits per heavy atom. The van der Waals surface area contributed by atoms with Crippen LogP contribution in [-0.2, 0) is 12.1 Å². The van der Waals surface area contributed by atoms with Crippen LogP contribution in [0.3, 0.4) is 0 Å². The van der Waals surface area contributed by atoms with E-state index >= 15 is 0 Å². The minimum Gasteiger partial charge on any atom is -0.302 e. The maximum Gasteiger partial charge on any atom is 0.115 e. The largest absolute Gasteiger partial charge is 0.302 e. The number of likely N-dealkylation sites (tertiary alicyclic amines) is 1. The van der Waals surface area contributed by atoms with Crippen molar-refractivity contribution < 1.29 is 4.39 Å². The van der Waals surface area contributed by atoms with Crippen molar-refractivity contribution in [3.8, 4) is 0 Å². The van der Waals surface area contributed by atoms with E-state index < -0.39 is 0 Å². The van der Waals surface area contributed by atoms with Crippen molar-refractivity contribution in [2.45, 2.75) is 56.0 Å². The molecule has 2 bridgehead atoms. The molecule has 2 aromatic carbocycles. The van der Waals surface area contributed by atoms with Gasteiger partial charge in [-0.15, -0.1) is 0 Å². The van der Waals surface area contributed by atoms with E-state index in [4.69, 9.17) is 0 Å². The molecule has 0 N–H and O–H groups in total. The maximum absolute atomic E-state index is 13.5. The number of benzene rings is 2. The molecule has 6 rings (SSSR count). The van der Waals surface area contributed by atoms with Crippen molar-refractivity contribution in [2.75, 3.05) is 19.6 Å². The highest BCUT2D eigenvalue weighted by Gasteiger charge is 2.58. The van der Waals surface area contributed by atoms with E-state index in [0.29, 0.717) is 11.8 Å². The smallest absolute Gasteiger partial charge is 0.115 e. The third-order valence-electron chi connectivity index (χ3n) is 8.10. The second-order valence-corrected chi connectivity index (χ2v) is 9.49. The van der Waals surface area contributed by atoms with Gasteiger partial charge < -0.3 is 4.90 Å². The molecule has 0 aromatic heterocycles. The van der Waals surface area contributed by atoms with Crippen LogP contribution in [-0.4, -0.2) is 24.5 Å². The van der Waals surface area contributed by atoms with Gasteiger partial charge >= 0.3 is 0 Å². The van der Waals surface area contributed by atoms with Crippen molar-refractivity contribution in [3.63, 3.8) is 0 Å². The number of fused-ring (bicyclic) bond motifs is 3. The molecule has 0 radical (unpaired) electrons. The summed E-state index contributed by atoms with van der Waals surface area (Å²) < 4.78 is 13.5. The highest BCUT2D eigenvalue weighted by molar-refractivity contribution is 5.59. The molecule has 1 aliphatic heterocycles. The van der Waals surface area contributed by atoms with Crippen molar-refractivity contribution in [3.05, 3.63) is 70.3 Å². The van der Waals surface area contributed by atoms with Gasteiger partial charge in [0.25, 0.3) is 0 Å². The monoisotopic (exact) mass is 361 g/mol. The zero-order chi connectivity index (χ0) is 18.0. The fourth-order valence-electron chi connectivity index (χ4n) is 7.01. The number of hydrogen-bond donors (Lipinski definition) is 0. The normalized spacial score (nSPS) is 31.7. The summed E-state index contributed by atoms with van der Waals surface area (Å²) >= 11 is 0. The molecule has 4 aliphatic rings. The van der Waals surface area contributed by atoms with E-state index in [9.17, 15) is 4.39 Å². The number of halogens is 1. The van der Waals surface area contributed by atoms with Crippen LogP contribution >= 0.6 is 0 Å². The van der Waals surface area contributed by atoms with Crippen LogP contribution in [0, 0.1) is 5.92 Å². The van der Waals surface area contributed by atoms with Gasteiger partial charge in [-0.25, -0.2) is 4.39 Å².